The van der Waals surface area contributed by atoms with Crippen LogP contribution < -0.4 is 14.4 Å². The standard InChI is InChI=1S/C22H25FN2O3/c1-3-28-21-7-5-4-6-19(21)24-12-14-25(15-13-24)22(26)11-9-17-8-10-20(27-2)18(23)16-17/h4-11,16H,3,12-15H2,1-2H3/b11-9+. The predicted molar refractivity (Wildman–Crippen MR) is 108 cm³/mol. The van der Waals surface area contributed by atoms with Crippen molar-refractivity contribution < 1.29 is 18.7 Å². The molecular formula is C22H25FN2O3. The molecule has 148 valence electrons. The maximum atomic E-state index is 13.8. The van der Waals surface area contributed by atoms with Crippen LogP contribution in [0.3, 0.4) is 0 Å². The van der Waals surface area contributed by atoms with Crippen molar-refractivity contribution in [3.8, 4) is 11.5 Å². The summed E-state index contributed by atoms with van der Waals surface area (Å²) in [5.41, 5.74) is 1.68. The Balaban J connectivity index is 1.59. The van der Waals surface area contributed by atoms with E-state index < -0.39 is 5.82 Å². The van der Waals surface area contributed by atoms with Gasteiger partial charge in [-0.2, -0.15) is 0 Å². The monoisotopic (exact) mass is 384 g/mol. The number of hydrogen-bond acceptors (Lipinski definition) is 4. The summed E-state index contributed by atoms with van der Waals surface area (Å²) in [6.07, 6.45) is 3.12. The molecule has 28 heavy (non-hydrogen) atoms. The van der Waals surface area contributed by atoms with E-state index in [1.807, 2.05) is 31.2 Å². The van der Waals surface area contributed by atoms with Gasteiger partial charge < -0.3 is 19.3 Å². The second-order valence-electron chi connectivity index (χ2n) is 6.44. The molecule has 0 aromatic heterocycles. The van der Waals surface area contributed by atoms with Crippen LogP contribution in [0.2, 0.25) is 0 Å². The quantitative estimate of drug-likeness (QED) is 0.714. The Bertz CT molecular complexity index is 845. The van der Waals surface area contributed by atoms with Gasteiger partial charge in [-0.15, -0.1) is 0 Å². The molecule has 2 aromatic carbocycles. The highest BCUT2D eigenvalue weighted by molar-refractivity contribution is 5.92. The highest BCUT2D eigenvalue weighted by atomic mass is 19.1. The molecule has 0 N–H and O–H groups in total. The molecule has 0 aliphatic carbocycles. The summed E-state index contributed by atoms with van der Waals surface area (Å²) in [6, 6.07) is 12.6. The van der Waals surface area contributed by atoms with E-state index in [4.69, 9.17) is 9.47 Å². The molecule has 1 amide bonds. The van der Waals surface area contributed by atoms with E-state index in [1.54, 1.807) is 23.1 Å². The van der Waals surface area contributed by atoms with Gasteiger partial charge in [0.15, 0.2) is 11.6 Å². The molecule has 1 saturated heterocycles. The lowest BCUT2D eigenvalue weighted by Crippen LogP contribution is -2.48. The first-order valence-corrected chi connectivity index (χ1v) is 9.39. The van der Waals surface area contributed by atoms with Crippen LogP contribution in [0.4, 0.5) is 10.1 Å². The Morgan fingerprint density at radius 3 is 2.54 bits per heavy atom. The Kier molecular flexibility index (Phi) is 6.53. The van der Waals surface area contributed by atoms with E-state index in [0.717, 1.165) is 24.5 Å². The lowest BCUT2D eigenvalue weighted by molar-refractivity contribution is -0.126. The molecule has 0 saturated carbocycles. The van der Waals surface area contributed by atoms with Crippen LogP contribution in [-0.4, -0.2) is 50.7 Å². The Morgan fingerprint density at radius 2 is 1.86 bits per heavy atom. The number of benzene rings is 2. The molecule has 0 bridgehead atoms. The minimum absolute atomic E-state index is 0.0750. The van der Waals surface area contributed by atoms with Gasteiger partial charge in [-0.1, -0.05) is 18.2 Å². The SMILES string of the molecule is CCOc1ccccc1N1CCN(C(=O)/C=C/c2ccc(OC)c(F)c2)CC1. The smallest absolute Gasteiger partial charge is 0.246 e. The summed E-state index contributed by atoms with van der Waals surface area (Å²) >= 11 is 0. The van der Waals surface area contributed by atoms with E-state index in [0.29, 0.717) is 25.3 Å². The van der Waals surface area contributed by atoms with Crippen LogP contribution in [0.5, 0.6) is 11.5 Å². The van der Waals surface area contributed by atoms with Crippen molar-refractivity contribution in [2.75, 3.05) is 44.8 Å². The Morgan fingerprint density at radius 1 is 1.11 bits per heavy atom. The number of amides is 1. The highest BCUT2D eigenvalue weighted by Gasteiger charge is 2.21. The fourth-order valence-corrected chi connectivity index (χ4v) is 3.22. The first-order valence-electron chi connectivity index (χ1n) is 9.39. The summed E-state index contributed by atoms with van der Waals surface area (Å²) in [4.78, 5) is 16.5. The van der Waals surface area contributed by atoms with Gasteiger partial charge in [0, 0.05) is 32.3 Å². The van der Waals surface area contributed by atoms with Gasteiger partial charge in [-0.25, -0.2) is 4.39 Å². The zero-order valence-electron chi connectivity index (χ0n) is 16.2. The lowest BCUT2D eigenvalue weighted by atomic mass is 10.2. The first kappa shape index (κ1) is 19.7. The average molecular weight is 384 g/mol. The topological polar surface area (TPSA) is 42.0 Å². The number of carbonyl (C=O) groups excluding carboxylic acids is 1. The molecule has 1 heterocycles. The Hall–Kier alpha value is -3.02. The van der Waals surface area contributed by atoms with Crippen molar-refractivity contribution in [3.63, 3.8) is 0 Å². The molecule has 5 nitrogen and oxygen atoms in total. The minimum Gasteiger partial charge on any atom is -0.494 e. The maximum Gasteiger partial charge on any atom is 0.246 e. The van der Waals surface area contributed by atoms with Crippen molar-refractivity contribution >= 4 is 17.7 Å². The first-order chi connectivity index (χ1) is 13.6. The number of anilines is 1. The van der Waals surface area contributed by atoms with E-state index in [1.165, 1.54) is 19.3 Å². The van der Waals surface area contributed by atoms with Gasteiger partial charge >= 0.3 is 0 Å². The van der Waals surface area contributed by atoms with E-state index in [9.17, 15) is 9.18 Å². The summed E-state index contributed by atoms with van der Waals surface area (Å²) in [5, 5.41) is 0. The third-order valence-electron chi connectivity index (χ3n) is 4.69. The molecule has 0 radical (unpaired) electrons. The lowest BCUT2D eigenvalue weighted by Gasteiger charge is -2.36. The summed E-state index contributed by atoms with van der Waals surface area (Å²) in [7, 11) is 1.42. The van der Waals surface area contributed by atoms with Gasteiger partial charge in [0.05, 0.1) is 19.4 Å². The summed E-state index contributed by atoms with van der Waals surface area (Å²) in [6.45, 7) is 5.31. The second-order valence-corrected chi connectivity index (χ2v) is 6.44. The van der Waals surface area contributed by atoms with Gasteiger partial charge in [-0.05, 0) is 42.8 Å². The second kappa shape index (κ2) is 9.26. The summed E-state index contributed by atoms with van der Waals surface area (Å²) in [5.74, 6) is 0.533. The van der Waals surface area contributed by atoms with Crippen LogP contribution >= 0.6 is 0 Å². The molecule has 3 rings (SSSR count). The van der Waals surface area contributed by atoms with Crippen LogP contribution in [0.1, 0.15) is 12.5 Å². The van der Waals surface area contributed by atoms with Gasteiger partial charge in [0.1, 0.15) is 5.75 Å². The third kappa shape index (κ3) is 4.63. The molecule has 6 heteroatoms. The zero-order valence-corrected chi connectivity index (χ0v) is 16.2. The van der Waals surface area contributed by atoms with E-state index in [-0.39, 0.29) is 11.7 Å². The van der Waals surface area contributed by atoms with E-state index >= 15 is 0 Å². The number of hydrogen-bond donors (Lipinski definition) is 0. The highest BCUT2D eigenvalue weighted by Crippen LogP contribution is 2.28. The number of piperazine rings is 1. The average Bonchev–Trinajstić information content (AvgIpc) is 2.73. The molecule has 0 atom stereocenters. The van der Waals surface area contributed by atoms with Crippen molar-refractivity contribution in [1.82, 2.24) is 4.90 Å². The van der Waals surface area contributed by atoms with Crippen molar-refractivity contribution in [2.24, 2.45) is 0 Å². The minimum atomic E-state index is -0.446. The molecule has 1 fully saturated rings. The van der Waals surface area contributed by atoms with Crippen LogP contribution in [0.25, 0.3) is 6.08 Å². The zero-order chi connectivity index (χ0) is 19.9. The van der Waals surface area contributed by atoms with E-state index in [2.05, 4.69) is 4.90 Å². The van der Waals surface area contributed by atoms with Crippen molar-refractivity contribution in [3.05, 3.63) is 59.9 Å². The number of methoxy groups -OCH3 is 1. The van der Waals surface area contributed by atoms with Crippen molar-refractivity contribution in [2.45, 2.75) is 6.92 Å². The predicted octanol–water partition coefficient (Wildman–Crippen LogP) is 3.60. The van der Waals surface area contributed by atoms with Crippen LogP contribution in [-0.2, 0) is 4.79 Å². The number of halogens is 1. The molecule has 1 aliphatic rings. The normalized spacial score (nSPS) is 14.4. The fourth-order valence-electron chi connectivity index (χ4n) is 3.22. The van der Waals surface area contributed by atoms with Crippen LogP contribution in [0.15, 0.2) is 48.5 Å². The van der Waals surface area contributed by atoms with Gasteiger partial charge in [0.25, 0.3) is 0 Å². The molecular weight excluding hydrogens is 359 g/mol. The third-order valence-corrected chi connectivity index (χ3v) is 4.69. The molecule has 1 aliphatic heterocycles. The summed E-state index contributed by atoms with van der Waals surface area (Å²) < 4.78 is 24.4. The fraction of sp³-hybridized carbons (Fsp3) is 0.318. The largest absolute Gasteiger partial charge is 0.494 e. The van der Waals surface area contributed by atoms with Crippen LogP contribution in [0, 0.1) is 5.82 Å². The number of carbonyl (C=O) groups is 1. The Labute approximate surface area is 165 Å². The molecule has 0 spiro atoms. The molecule has 0 unspecified atom stereocenters. The molecule has 2 aromatic rings. The number of ether oxygens (including phenoxy) is 2. The number of para-hydroxylation sites is 2. The maximum absolute atomic E-state index is 13.8. The van der Waals surface area contributed by atoms with Gasteiger partial charge in [-0.3, -0.25) is 4.79 Å². The number of nitrogens with zero attached hydrogens (tertiary/aromatic N) is 2. The number of rotatable bonds is 6. The van der Waals surface area contributed by atoms with Gasteiger partial charge in [0.2, 0.25) is 5.91 Å². The van der Waals surface area contributed by atoms with Crippen molar-refractivity contribution in [1.29, 1.82) is 0 Å².